The summed E-state index contributed by atoms with van der Waals surface area (Å²) >= 11 is 3.45. The summed E-state index contributed by atoms with van der Waals surface area (Å²) < 4.78 is 9.90. The highest BCUT2D eigenvalue weighted by Gasteiger charge is 2.06. The van der Waals surface area contributed by atoms with Crippen molar-refractivity contribution >= 4 is 34.1 Å². The molecule has 2 rings (SSSR count). The molecule has 2 aromatic rings. The molecule has 0 aliphatic heterocycles. The molecule has 0 spiro atoms. The molecule has 0 saturated heterocycles. The fourth-order valence-corrected chi connectivity index (χ4v) is 1.80. The van der Waals surface area contributed by atoms with E-state index in [1.54, 1.807) is 19.2 Å². The Morgan fingerprint density at radius 3 is 2.71 bits per heavy atom. The fraction of sp³-hybridized carbons (Fsp3) is 0.143. The zero-order valence-corrected chi connectivity index (χ0v) is 10.1. The Morgan fingerprint density at radius 2 is 2.21 bits per heavy atom. The summed E-state index contributed by atoms with van der Waals surface area (Å²) in [5.74, 6) is 1.09. The van der Waals surface area contributed by atoms with E-state index in [-0.39, 0.29) is 0 Å². The minimum atomic E-state index is 0.485. The standard InChI is InChI=1S/C7H5IN4OS/c1-13-5-3-2-4(10-11-5)6-9-7(8)14-12-6/h2-3H,1H3. The minimum absolute atomic E-state index is 0.485. The van der Waals surface area contributed by atoms with E-state index in [1.807, 2.05) is 0 Å². The summed E-state index contributed by atoms with van der Waals surface area (Å²) in [4.78, 5) is 4.19. The monoisotopic (exact) mass is 320 g/mol. The lowest BCUT2D eigenvalue weighted by Gasteiger charge is -1.96. The highest BCUT2D eigenvalue weighted by atomic mass is 127. The first kappa shape index (κ1) is 9.71. The third-order valence-electron chi connectivity index (χ3n) is 1.48. The van der Waals surface area contributed by atoms with Crippen molar-refractivity contribution in [3.8, 4) is 17.4 Å². The largest absolute Gasteiger partial charge is 0.480 e. The summed E-state index contributed by atoms with van der Waals surface area (Å²) in [6.45, 7) is 0. The lowest BCUT2D eigenvalue weighted by molar-refractivity contribution is 0.392. The molecule has 0 bridgehead atoms. The summed E-state index contributed by atoms with van der Waals surface area (Å²) in [6.07, 6.45) is 0. The van der Waals surface area contributed by atoms with Gasteiger partial charge in [-0.2, -0.15) is 4.37 Å². The van der Waals surface area contributed by atoms with Crippen LogP contribution in [-0.4, -0.2) is 26.7 Å². The second-order valence-electron chi connectivity index (χ2n) is 2.33. The quantitative estimate of drug-likeness (QED) is 0.787. The highest BCUT2D eigenvalue weighted by Crippen LogP contribution is 2.17. The molecule has 2 heterocycles. The van der Waals surface area contributed by atoms with Crippen molar-refractivity contribution in [2.24, 2.45) is 0 Å². The average Bonchev–Trinajstić information content (AvgIpc) is 2.65. The number of aromatic nitrogens is 4. The van der Waals surface area contributed by atoms with E-state index in [2.05, 4.69) is 42.1 Å². The van der Waals surface area contributed by atoms with Crippen LogP contribution in [0.1, 0.15) is 0 Å². The molecule has 0 saturated carbocycles. The van der Waals surface area contributed by atoms with Gasteiger partial charge in [-0.25, -0.2) is 4.98 Å². The van der Waals surface area contributed by atoms with Gasteiger partial charge >= 0.3 is 0 Å². The van der Waals surface area contributed by atoms with Gasteiger partial charge in [0.25, 0.3) is 0 Å². The number of hydrogen-bond donors (Lipinski definition) is 0. The van der Waals surface area contributed by atoms with Crippen molar-refractivity contribution in [1.82, 2.24) is 19.6 Å². The molecule has 0 amide bonds. The lowest BCUT2D eigenvalue weighted by Crippen LogP contribution is -1.92. The van der Waals surface area contributed by atoms with Gasteiger partial charge in [-0.3, -0.25) is 0 Å². The number of hydrogen-bond acceptors (Lipinski definition) is 6. The smallest absolute Gasteiger partial charge is 0.233 e. The van der Waals surface area contributed by atoms with Crippen molar-refractivity contribution in [3.63, 3.8) is 0 Å². The molecule has 0 aliphatic rings. The second kappa shape index (κ2) is 4.13. The number of ether oxygens (including phenoxy) is 1. The van der Waals surface area contributed by atoms with Gasteiger partial charge in [0, 0.05) is 6.07 Å². The number of methoxy groups -OCH3 is 1. The van der Waals surface area contributed by atoms with E-state index < -0.39 is 0 Å². The SMILES string of the molecule is COc1ccc(-c2nsc(I)n2)nn1. The maximum absolute atomic E-state index is 4.90. The van der Waals surface area contributed by atoms with Crippen LogP contribution in [0.5, 0.6) is 5.88 Å². The second-order valence-corrected chi connectivity index (χ2v) is 4.84. The van der Waals surface area contributed by atoms with Crippen LogP contribution in [0, 0.1) is 3.01 Å². The summed E-state index contributed by atoms with van der Waals surface area (Å²) in [5.41, 5.74) is 0.657. The molecule has 0 aromatic carbocycles. The van der Waals surface area contributed by atoms with E-state index in [0.717, 1.165) is 3.01 Å². The first-order chi connectivity index (χ1) is 6.79. The fourth-order valence-electron chi connectivity index (χ4n) is 0.857. The van der Waals surface area contributed by atoms with Crippen molar-refractivity contribution in [1.29, 1.82) is 0 Å². The molecule has 0 fully saturated rings. The molecule has 0 aliphatic carbocycles. The number of halogens is 1. The minimum Gasteiger partial charge on any atom is -0.480 e. The first-order valence-electron chi connectivity index (χ1n) is 3.67. The van der Waals surface area contributed by atoms with Gasteiger partial charge in [0.2, 0.25) is 5.88 Å². The van der Waals surface area contributed by atoms with Crippen molar-refractivity contribution in [2.75, 3.05) is 7.11 Å². The maximum atomic E-state index is 4.90. The Bertz CT molecular complexity index is 430. The third-order valence-corrected chi connectivity index (χ3v) is 2.82. The topological polar surface area (TPSA) is 60.8 Å². The van der Waals surface area contributed by atoms with Crippen LogP contribution in [0.2, 0.25) is 0 Å². The molecule has 5 nitrogen and oxygen atoms in total. The summed E-state index contributed by atoms with van der Waals surface area (Å²) in [5, 5.41) is 7.77. The average molecular weight is 320 g/mol. The van der Waals surface area contributed by atoms with Gasteiger partial charge in [-0.15, -0.1) is 10.2 Å². The van der Waals surface area contributed by atoms with E-state index in [4.69, 9.17) is 4.74 Å². The van der Waals surface area contributed by atoms with Crippen LogP contribution in [0.3, 0.4) is 0 Å². The molecular weight excluding hydrogens is 315 g/mol. The van der Waals surface area contributed by atoms with Gasteiger partial charge in [0.05, 0.1) is 7.11 Å². The molecule has 14 heavy (non-hydrogen) atoms. The van der Waals surface area contributed by atoms with Crippen LogP contribution >= 0.6 is 34.1 Å². The Morgan fingerprint density at radius 1 is 1.36 bits per heavy atom. The van der Waals surface area contributed by atoms with Crippen LogP contribution in [0.4, 0.5) is 0 Å². The van der Waals surface area contributed by atoms with Gasteiger partial charge in [0.1, 0.15) is 5.69 Å². The lowest BCUT2D eigenvalue weighted by atomic mass is 10.4. The first-order valence-corrected chi connectivity index (χ1v) is 5.52. The van der Waals surface area contributed by atoms with Crippen molar-refractivity contribution < 1.29 is 4.74 Å². The summed E-state index contributed by atoms with van der Waals surface area (Å²) in [6, 6.07) is 3.51. The normalized spacial score (nSPS) is 10.1. The summed E-state index contributed by atoms with van der Waals surface area (Å²) in [7, 11) is 1.55. The van der Waals surface area contributed by atoms with Crippen LogP contribution in [0.25, 0.3) is 11.5 Å². The molecule has 0 atom stereocenters. The Kier molecular flexibility index (Phi) is 2.87. The Labute approximate surface area is 97.9 Å². The van der Waals surface area contributed by atoms with E-state index >= 15 is 0 Å². The molecule has 0 N–H and O–H groups in total. The van der Waals surface area contributed by atoms with Crippen LogP contribution < -0.4 is 4.74 Å². The van der Waals surface area contributed by atoms with E-state index in [1.165, 1.54) is 11.5 Å². The number of rotatable bonds is 2. The predicted molar refractivity (Wildman–Crippen MR) is 60.2 cm³/mol. The maximum Gasteiger partial charge on any atom is 0.233 e. The molecular formula is C7H5IN4OS. The molecule has 2 aromatic heterocycles. The van der Waals surface area contributed by atoms with Gasteiger partial charge in [-0.1, -0.05) is 0 Å². The zero-order chi connectivity index (χ0) is 9.97. The van der Waals surface area contributed by atoms with Crippen molar-refractivity contribution in [3.05, 3.63) is 15.1 Å². The highest BCUT2D eigenvalue weighted by molar-refractivity contribution is 14.1. The number of nitrogens with zero attached hydrogens (tertiary/aromatic N) is 4. The van der Waals surface area contributed by atoms with Crippen molar-refractivity contribution in [2.45, 2.75) is 0 Å². The predicted octanol–water partition coefficient (Wildman–Crippen LogP) is 1.61. The Hall–Kier alpha value is -0.830. The van der Waals surface area contributed by atoms with E-state index in [0.29, 0.717) is 17.4 Å². The third kappa shape index (κ3) is 1.98. The zero-order valence-electron chi connectivity index (χ0n) is 7.14. The van der Waals surface area contributed by atoms with Gasteiger partial charge < -0.3 is 4.74 Å². The molecule has 72 valence electrons. The van der Waals surface area contributed by atoms with Gasteiger partial charge in [-0.05, 0) is 40.2 Å². The Balaban J connectivity index is 2.33. The van der Waals surface area contributed by atoms with Crippen LogP contribution in [-0.2, 0) is 0 Å². The van der Waals surface area contributed by atoms with E-state index in [9.17, 15) is 0 Å². The molecule has 0 radical (unpaired) electrons. The molecule has 0 unspecified atom stereocenters. The van der Waals surface area contributed by atoms with Crippen LogP contribution in [0.15, 0.2) is 12.1 Å². The van der Waals surface area contributed by atoms with Gasteiger partial charge in [0.15, 0.2) is 8.84 Å². The molecule has 7 heteroatoms.